The van der Waals surface area contributed by atoms with Crippen LogP contribution < -0.4 is 5.32 Å². The molecule has 8 heteroatoms. The van der Waals surface area contributed by atoms with Gasteiger partial charge in [0.15, 0.2) is 5.17 Å². The number of carbonyl (C=O) groups is 2. The first-order valence-electron chi connectivity index (χ1n) is 11.6. The topological polar surface area (TPSA) is 71.0 Å². The standard InChI is InChI=1S/C27H28FN3O3S/c1-5-34-26(33)24-17(4)29-27-31(25(24)21-8-6-7-9-22(21)28)20(15-35-27)14-23(32)30-19-12-10-18(11-13-19)16(2)3/h6-13,15-16,25H,5,14H2,1-4H3,(H,30,32)/t25-/m1/s1. The lowest BCUT2D eigenvalue weighted by Crippen LogP contribution is -2.38. The van der Waals surface area contributed by atoms with Crippen LogP contribution in [-0.2, 0) is 14.3 Å². The zero-order chi connectivity index (χ0) is 25.1. The van der Waals surface area contributed by atoms with E-state index in [1.165, 1.54) is 23.4 Å². The van der Waals surface area contributed by atoms with Gasteiger partial charge in [-0.15, -0.1) is 0 Å². The lowest BCUT2D eigenvalue weighted by atomic mass is 9.93. The van der Waals surface area contributed by atoms with E-state index in [-0.39, 0.29) is 24.5 Å². The number of aliphatic imine (C=N–C) groups is 1. The molecule has 0 radical (unpaired) electrons. The van der Waals surface area contributed by atoms with Gasteiger partial charge in [-0.05, 0) is 48.9 Å². The van der Waals surface area contributed by atoms with Gasteiger partial charge in [-0.25, -0.2) is 14.2 Å². The molecule has 182 valence electrons. The third-order valence-electron chi connectivity index (χ3n) is 5.90. The Hall–Kier alpha value is -3.39. The van der Waals surface area contributed by atoms with Gasteiger partial charge in [0.1, 0.15) is 5.82 Å². The molecule has 0 fully saturated rings. The Kier molecular flexibility index (Phi) is 7.40. The Morgan fingerprint density at radius 3 is 2.54 bits per heavy atom. The number of hydrogen-bond donors (Lipinski definition) is 1. The number of anilines is 1. The van der Waals surface area contributed by atoms with Crippen LogP contribution in [0.4, 0.5) is 10.1 Å². The van der Waals surface area contributed by atoms with Crippen molar-refractivity contribution < 1.29 is 18.7 Å². The molecule has 0 unspecified atom stereocenters. The van der Waals surface area contributed by atoms with Crippen molar-refractivity contribution in [3.8, 4) is 0 Å². The molecule has 35 heavy (non-hydrogen) atoms. The van der Waals surface area contributed by atoms with Gasteiger partial charge in [-0.3, -0.25) is 4.79 Å². The predicted octanol–water partition coefficient (Wildman–Crippen LogP) is 6.12. The van der Waals surface area contributed by atoms with Gasteiger partial charge >= 0.3 is 5.97 Å². The second kappa shape index (κ2) is 10.5. The highest BCUT2D eigenvalue weighted by molar-refractivity contribution is 8.16. The quantitative estimate of drug-likeness (QED) is 0.471. The predicted molar refractivity (Wildman–Crippen MR) is 137 cm³/mol. The third kappa shape index (κ3) is 5.17. The molecule has 0 saturated heterocycles. The first-order chi connectivity index (χ1) is 16.8. The smallest absolute Gasteiger partial charge is 0.338 e. The number of amidine groups is 1. The Bertz CT molecular complexity index is 1230. The van der Waals surface area contributed by atoms with Gasteiger partial charge in [0.05, 0.1) is 30.3 Å². The molecule has 2 aliphatic heterocycles. The fraction of sp³-hybridized carbons (Fsp3) is 0.296. The highest BCUT2D eigenvalue weighted by Crippen LogP contribution is 2.45. The summed E-state index contributed by atoms with van der Waals surface area (Å²) in [6, 6.07) is 13.3. The molecular weight excluding hydrogens is 465 g/mol. The van der Waals surface area contributed by atoms with E-state index in [9.17, 15) is 9.59 Å². The van der Waals surface area contributed by atoms with Crippen LogP contribution in [0, 0.1) is 5.82 Å². The molecule has 2 aromatic rings. The Balaban J connectivity index is 1.62. The molecule has 1 amide bonds. The first-order valence-corrected chi connectivity index (χ1v) is 12.4. The molecule has 1 atom stereocenters. The van der Waals surface area contributed by atoms with Crippen LogP contribution in [0.5, 0.6) is 0 Å². The van der Waals surface area contributed by atoms with E-state index in [1.54, 1.807) is 36.9 Å². The van der Waals surface area contributed by atoms with E-state index in [2.05, 4.69) is 24.2 Å². The summed E-state index contributed by atoms with van der Waals surface area (Å²) < 4.78 is 20.3. The number of esters is 1. The Labute approximate surface area is 209 Å². The zero-order valence-corrected chi connectivity index (χ0v) is 21.0. The van der Waals surface area contributed by atoms with E-state index < -0.39 is 17.8 Å². The highest BCUT2D eigenvalue weighted by Gasteiger charge is 2.42. The van der Waals surface area contributed by atoms with Crippen LogP contribution in [-0.4, -0.2) is 28.6 Å². The summed E-state index contributed by atoms with van der Waals surface area (Å²) in [5.74, 6) is -0.810. The lowest BCUT2D eigenvalue weighted by Gasteiger charge is -2.36. The fourth-order valence-corrected chi connectivity index (χ4v) is 5.12. The third-order valence-corrected chi connectivity index (χ3v) is 6.79. The van der Waals surface area contributed by atoms with Crippen LogP contribution in [0.3, 0.4) is 0 Å². The minimum atomic E-state index is -0.790. The number of amides is 1. The van der Waals surface area contributed by atoms with Crippen molar-refractivity contribution >= 4 is 34.5 Å². The van der Waals surface area contributed by atoms with Gasteiger partial charge in [0.25, 0.3) is 0 Å². The second-order valence-corrected chi connectivity index (χ2v) is 9.47. The van der Waals surface area contributed by atoms with Crippen molar-refractivity contribution in [3.05, 3.63) is 87.9 Å². The number of nitrogens with zero attached hydrogens (tertiary/aromatic N) is 2. The molecule has 2 aliphatic rings. The zero-order valence-electron chi connectivity index (χ0n) is 20.2. The minimum absolute atomic E-state index is 0.0397. The molecule has 0 aliphatic carbocycles. The summed E-state index contributed by atoms with van der Waals surface area (Å²) in [5.41, 5.74) is 3.58. The number of ether oxygens (including phenoxy) is 1. The highest BCUT2D eigenvalue weighted by atomic mass is 32.2. The number of thioether (sulfide) groups is 1. The van der Waals surface area contributed by atoms with E-state index in [1.807, 2.05) is 29.7 Å². The monoisotopic (exact) mass is 493 g/mol. The maximum atomic E-state index is 15.0. The van der Waals surface area contributed by atoms with Crippen molar-refractivity contribution in [2.45, 2.75) is 46.1 Å². The summed E-state index contributed by atoms with van der Waals surface area (Å²) in [6.07, 6.45) is 0.0397. The number of benzene rings is 2. The molecule has 0 bridgehead atoms. The number of halogens is 1. The molecular formula is C27H28FN3O3S. The van der Waals surface area contributed by atoms with Crippen LogP contribution in [0.25, 0.3) is 0 Å². The Morgan fingerprint density at radius 2 is 1.89 bits per heavy atom. The Morgan fingerprint density at radius 1 is 1.17 bits per heavy atom. The molecule has 4 rings (SSSR count). The average molecular weight is 494 g/mol. The summed E-state index contributed by atoms with van der Waals surface area (Å²) in [5, 5.41) is 5.35. The molecule has 0 aromatic heterocycles. The lowest BCUT2D eigenvalue weighted by molar-refractivity contribution is -0.139. The van der Waals surface area contributed by atoms with Gasteiger partial charge in [0, 0.05) is 16.9 Å². The normalized spacial score (nSPS) is 17.2. The largest absolute Gasteiger partial charge is 0.463 e. The van der Waals surface area contributed by atoms with Crippen molar-refractivity contribution in [3.63, 3.8) is 0 Å². The summed E-state index contributed by atoms with van der Waals surface area (Å²) in [6.45, 7) is 7.85. The number of allylic oxidation sites excluding steroid dienone is 1. The van der Waals surface area contributed by atoms with Crippen LogP contribution in [0.15, 0.2) is 75.9 Å². The number of hydrogen-bond acceptors (Lipinski definition) is 6. The SMILES string of the molecule is CCOC(=O)C1=C(C)N=C2SC=C(CC(=O)Nc3ccc(C(C)C)cc3)N2[C@@H]1c1ccccc1F. The van der Waals surface area contributed by atoms with Gasteiger partial charge in [-0.1, -0.05) is 55.9 Å². The van der Waals surface area contributed by atoms with Crippen molar-refractivity contribution in [1.29, 1.82) is 0 Å². The first kappa shape index (κ1) is 24.7. The summed E-state index contributed by atoms with van der Waals surface area (Å²) in [4.78, 5) is 32.2. The molecule has 6 nitrogen and oxygen atoms in total. The number of rotatable bonds is 7. The van der Waals surface area contributed by atoms with Crippen molar-refractivity contribution in [2.75, 3.05) is 11.9 Å². The summed E-state index contributed by atoms with van der Waals surface area (Å²) >= 11 is 1.35. The minimum Gasteiger partial charge on any atom is -0.463 e. The van der Waals surface area contributed by atoms with Crippen LogP contribution in [0.1, 0.15) is 57.2 Å². The second-order valence-electron chi connectivity index (χ2n) is 8.64. The molecule has 0 saturated carbocycles. The van der Waals surface area contributed by atoms with E-state index in [4.69, 9.17) is 4.74 Å². The summed E-state index contributed by atoms with van der Waals surface area (Å²) in [7, 11) is 0. The van der Waals surface area contributed by atoms with E-state index >= 15 is 4.39 Å². The number of carbonyl (C=O) groups excluding carboxylic acids is 2. The molecule has 2 aromatic carbocycles. The molecule has 1 N–H and O–H groups in total. The van der Waals surface area contributed by atoms with Crippen LogP contribution >= 0.6 is 11.8 Å². The van der Waals surface area contributed by atoms with Gasteiger partial charge in [-0.2, -0.15) is 0 Å². The van der Waals surface area contributed by atoms with Crippen molar-refractivity contribution in [1.82, 2.24) is 4.90 Å². The van der Waals surface area contributed by atoms with Gasteiger partial charge in [0.2, 0.25) is 5.91 Å². The maximum Gasteiger partial charge on any atom is 0.338 e. The number of fused-ring (bicyclic) bond motifs is 1. The molecule has 0 spiro atoms. The van der Waals surface area contributed by atoms with Crippen molar-refractivity contribution in [2.24, 2.45) is 4.99 Å². The maximum absolute atomic E-state index is 15.0. The molecule has 2 heterocycles. The van der Waals surface area contributed by atoms with Crippen LogP contribution in [0.2, 0.25) is 0 Å². The van der Waals surface area contributed by atoms with E-state index in [0.29, 0.717) is 33.7 Å². The fourth-order valence-electron chi connectivity index (χ4n) is 4.15. The van der Waals surface area contributed by atoms with E-state index in [0.717, 1.165) is 0 Å². The average Bonchev–Trinajstić information content (AvgIpc) is 3.20. The number of nitrogens with one attached hydrogen (secondary N) is 1. The van der Waals surface area contributed by atoms with Gasteiger partial charge < -0.3 is 15.0 Å².